The first-order valence-electron chi connectivity index (χ1n) is 8.12. The van der Waals surface area contributed by atoms with Gasteiger partial charge in [-0.05, 0) is 48.9 Å². The molecule has 0 aliphatic heterocycles. The van der Waals surface area contributed by atoms with E-state index in [0.29, 0.717) is 22.3 Å². The molecule has 0 saturated carbocycles. The largest absolute Gasteiger partial charge is 0.460 e. The van der Waals surface area contributed by atoms with Gasteiger partial charge >= 0.3 is 5.97 Å². The smallest absolute Gasteiger partial charge is 0.379 e. The first-order chi connectivity index (χ1) is 13.0. The Morgan fingerprint density at radius 3 is 2.56 bits per heavy atom. The summed E-state index contributed by atoms with van der Waals surface area (Å²) in [5, 5.41) is 0.413. The maximum atomic E-state index is 13.0. The predicted octanol–water partition coefficient (Wildman–Crippen LogP) is 5.34. The van der Waals surface area contributed by atoms with Crippen LogP contribution in [0.5, 0.6) is 5.75 Å². The van der Waals surface area contributed by atoms with Crippen molar-refractivity contribution in [3.05, 3.63) is 87.1 Å². The van der Waals surface area contributed by atoms with Crippen LogP contribution in [0.3, 0.4) is 0 Å². The number of hydrogen-bond donors (Lipinski definition) is 0. The molecule has 2 aromatic heterocycles. The number of aryl methyl sites for hydroxylation is 1. The molecular formula is C21H13BrO5. The molecule has 4 aromatic rings. The second kappa shape index (κ2) is 6.89. The minimum absolute atomic E-state index is 0.0957. The highest BCUT2D eigenvalue weighted by Crippen LogP contribution is 2.27. The van der Waals surface area contributed by atoms with E-state index >= 15 is 0 Å². The molecule has 0 saturated heterocycles. The zero-order valence-electron chi connectivity index (χ0n) is 14.2. The molecule has 0 aliphatic carbocycles. The number of esters is 1. The first-order valence-corrected chi connectivity index (χ1v) is 8.91. The molecule has 0 aliphatic rings. The topological polar surface area (TPSA) is 69.7 Å². The van der Waals surface area contributed by atoms with Crippen LogP contribution in [0.2, 0.25) is 0 Å². The van der Waals surface area contributed by atoms with Gasteiger partial charge in [-0.1, -0.05) is 28.1 Å². The minimum Gasteiger partial charge on any atom is -0.460 e. The van der Waals surface area contributed by atoms with E-state index < -0.39 is 5.97 Å². The van der Waals surface area contributed by atoms with E-state index in [9.17, 15) is 9.59 Å². The maximum absolute atomic E-state index is 13.0. The Kier molecular flexibility index (Phi) is 4.41. The van der Waals surface area contributed by atoms with Gasteiger partial charge < -0.3 is 13.6 Å². The lowest BCUT2D eigenvalue weighted by atomic mass is 10.0. The maximum Gasteiger partial charge on any atom is 0.379 e. The normalized spacial score (nSPS) is 10.9. The fourth-order valence-electron chi connectivity index (χ4n) is 2.85. The Bertz CT molecular complexity index is 1190. The van der Waals surface area contributed by atoms with Crippen LogP contribution in [-0.2, 0) is 0 Å². The summed E-state index contributed by atoms with van der Waals surface area (Å²) in [6, 6.07) is 15.2. The molecule has 5 nitrogen and oxygen atoms in total. The van der Waals surface area contributed by atoms with Gasteiger partial charge in [-0.2, -0.15) is 0 Å². The Labute approximate surface area is 162 Å². The predicted molar refractivity (Wildman–Crippen MR) is 104 cm³/mol. The fourth-order valence-corrected chi connectivity index (χ4v) is 3.12. The summed E-state index contributed by atoms with van der Waals surface area (Å²) in [4.78, 5) is 25.0. The number of carbonyl (C=O) groups excluding carboxylic acids is 1. The van der Waals surface area contributed by atoms with Gasteiger partial charge in [-0.3, -0.25) is 4.79 Å². The van der Waals surface area contributed by atoms with Crippen LogP contribution >= 0.6 is 15.9 Å². The van der Waals surface area contributed by atoms with E-state index in [2.05, 4.69) is 15.9 Å². The number of hydrogen-bond acceptors (Lipinski definition) is 5. The Balaban J connectivity index is 1.75. The molecule has 0 N–H and O–H groups in total. The second-order valence-electron chi connectivity index (χ2n) is 5.89. The van der Waals surface area contributed by atoms with Gasteiger partial charge in [0.15, 0.2) is 0 Å². The molecule has 2 heterocycles. The van der Waals surface area contributed by atoms with Crippen LogP contribution in [0.25, 0.3) is 22.1 Å². The number of halogens is 1. The number of carbonyl (C=O) groups is 1. The summed E-state index contributed by atoms with van der Waals surface area (Å²) < 4.78 is 17.1. The number of benzene rings is 2. The zero-order chi connectivity index (χ0) is 19.0. The molecule has 27 heavy (non-hydrogen) atoms. The molecule has 0 atom stereocenters. The lowest BCUT2D eigenvalue weighted by Crippen LogP contribution is -2.09. The van der Waals surface area contributed by atoms with Crippen molar-refractivity contribution in [3.63, 3.8) is 0 Å². The zero-order valence-corrected chi connectivity index (χ0v) is 15.8. The van der Waals surface area contributed by atoms with Crippen LogP contribution in [0.1, 0.15) is 16.3 Å². The van der Waals surface area contributed by atoms with Crippen LogP contribution in [0.15, 0.2) is 79.0 Å². The lowest BCUT2D eigenvalue weighted by molar-refractivity contribution is 0.0701. The Morgan fingerprint density at radius 2 is 1.85 bits per heavy atom. The van der Waals surface area contributed by atoms with Gasteiger partial charge in [-0.25, -0.2) is 4.79 Å². The average Bonchev–Trinajstić information content (AvgIpc) is 3.18. The van der Waals surface area contributed by atoms with E-state index in [0.717, 1.165) is 10.0 Å². The standard InChI is InChI=1S/C21H13BrO5/c1-12-19(13-4-6-14(22)7-5-13)20(23)16-9-8-15(11-18(16)26-12)27-21(24)17-3-2-10-25-17/h2-11H,1H3. The molecule has 0 amide bonds. The van der Waals surface area contributed by atoms with Crippen molar-refractivity contribution < 1.29 is 18.4 Å². The van der Waals surface area contributed by atoms with Gasteiger partial charge in [0.05, 0.1) is 17.2 Å². The summed E-state index contributed by atoms with van der Waals surface area (Å²) in [5.74, 6) is 0.232. The number of fused-ring (bicyclic) bond motifs is 1. The minimum atomic E-state index is -0.620. The lowest BCUT2D eigenvalue weighted by Gasteiger charge is -2.08. The third-order valence-electron chi connectivity index (χ3n) is 4.11. The third kappa shape index (κ3) is 3.31. The molecule has 0 spiro atoms. The van der Waals surface area contributed by atoms with Crippen molar-refractivity contribution in [2.75, 3.05) is 0 Å². The summed E-state index contributed by atoms with van der Waals surface area (Å²) in [7, 11) is 0. The molecular weight excluding hydrogens is 412 g/mol. The Hall–Kier alpha value is -3.12. The van der Waals surface area contributed by atoms with Crippen LogP contribution in [-0.4, -0.2) is 5.97 Å². The van der Waals surface area contributed by atoms with E-state index in [4.69, 9.17) is 13.6 Å². The van der Waals surface area contributed by atoms with Crippen molar-refractivity contribution in [3.8, 4) is 16.9 Å². The molecule has 2 aromatic carbocycles. The van der Waals surface area contributed by atoms with Gasteiger partial charge in [-0.15, -0.1) is 0 Å². The highest BCUT2D eigenvalue weighted by molar-refractivity contribution is 9.10. The fraction of sp³-hybridized carbons (Fsp3) is 0.0476. The summed E-state index contributed by atoms with van der Waals surface area (Å²) in [6.45, 7) is 1.74. The van der Waals surface area contributed by atoms with Crippen molar-refractivity contribution in [1.29, 1.82) is 0 Å². The van der Waals surface area contributed by atoms with Gasteiger partial charge in [0.2, 0.25) is 11.2 Å². The number of rotatable bonds is 3. The van der Waals surface area contributed by atoms with E-state index in [-0.39, 0.29) is 16.9 Å². The molecule has 0 unspecified atom stereocenters. The highest BCUT2D eigenvalue weighted by atomic mass is 79.9. The van der Waals surface area contributed by atoms with Crippen molar-refractivity contribution in [2.45, 2.75) is 6.92 Å². The third-order valence-corrected chi connectivity index (χ3v) is 4.63. The molecule has 0 fully saturated rings. The number of furan rings is 1. The van der Waals surface area contributed by atoms with Gasteiger partial charge in [0.25, 0.3) is 0 Å². The van der Waals surface area contributed by atoms with Crippen LogP contribution < -0.4 is 10.2 Å². The molecule has 4 rings (SSSR count). The van der Waals surface area contributed by atoms with Crippen molar-refractivity contribution in [1.82, 2.24) is 0 Å². The Morgan fingerprint density at radius 1 is 1.07 bits per heavy atom. The summed E-state index contributed by atoms with van der Waals surface area (Å²) >= 11 is 3.39. The van der Waals surface area contributed by atoms with E-state index in [1.807, 2.05) is 24.3 Å². The molecule has 134 valence electrons. The quantitative estimate of drug-likeness (QED) is 0.327. The summed E-state index contributed by atoms with van der Waals surface area (Å²) in [6.07, 6.45) is 1.39. The first kappa shape index (κ1) is 17.3. The molecule has 0 bridgehead atoms. The highest BCUT2D eigenvalue weighted by Gasteiger charge is 2.16. The van der Waals surface area contributed by atoms with Crippen molar-refractivity contribution in [2.24, 2.45) is 0 Å². The van der Waals surface area contributed by atoms with Gasteiger partial charge in [0.1, 0.15) is 17.1 Å². The molecule has 0 radical (unpaired) electrons. The van der Waals surface area contributed by atoms with Crippen LogP contribution in [0.4, 0.5) is 0 Å². The second-order valence-corrected chi connectivity index (χ2v) is 6.81. The SMILES string of the molecule is Cc1oc2cc(OC(=O)c3ccco3)ccc2c(=O)c1-c1ccc(Br)cc1. The van der Waals surface area contributed by atoms with Gasteiger partial charge in [0, 0.05) is 10.5 Å². The summed E-state index contributed by atoms with van der Waals surface area (Å²) in [5.41, 5.74) is 1.50. The van der Waals surface area contributed by atoms with E-state index in [1.165, 1.54) is 18.4 Å². The van der Waals surface area contributed by atoms with E-state index in [1.54, 1.807) is 25.1 Å². The monoisotopic (exact) mass is 424 g/mol. The average molecular weight is 425 g/mol. The van der Waals surface area contributed by atoms with Crippen LogP contribution in [0, 0.1) is 6.92 Å². The van der Waals surface area contributed by atoms with Crippen molar-refractivity contribution >= 4 is 32.9 Å². The number of ether oxygens (including phenoxy) is 1. The molecule has 6 heteroatoms.